The Morgan fingerprint density at radius 3 is 1.44 bits per heavy atom. The van der Waals surface area contributed by atoms with Crippen LogP contribution in [0.25, 0.3) is 0 Å². The van der Waals surface area contributed by atoms with E-state index in [-0.39, 0.29) is 18.9 Å². The number of nitrogens with one attached hydrogen (secondary N) is 1. The van der Waals surface area contributed by atoms with Gasteiger partial charge >= 0.3 is 0 Å². The summed E-state index contributed by atoms with van der Waals surface area (Å²) >= 11 is 0. The van der Waals surface area contributed by atoms with E-state index in [4.69, 9.17) is 28.4 Å². The molecule has 0 aromatic rings. The van der Waals surface area contributed by atoms with Crippen LogP contribution in [0.3, 0.4) is 0 Å². The largest absolute Gasteiger partial charge is 0.394 e. The van der Waals surface area contributed by atoms with Crippen molar-refractivity contribution in [1.29, 1.82) is 0 Å². The highest BCUT2D eigenvalue weighted by Crippen LogP contribution is 2.33. The van der Waals surface area contributed by atoms with E-state index in [9.17, 15) is 61.0 Å². The Balaban J connectivity index is 1.36. The standard InChI is InChI=1S/C54H95NO18/c1-3-5-7-8-9-10-11-12-13-14-15-16-17-18-19-20-21-22-23-24-25-26-27-28-30-32-42(60)55-37(38(59)31-29-6-4-2)36-68-52-48(66)45(63)50(40(34-57)70-52)73-54-49(67)46(64)51(41(35-58)71-54)72-53-47(65)44(62)43(61)39(33-56)69-53/h11-12,14-15,17-18,29,31,37-41,43-54,56-59,61-67H,3-10,13,16,19-28,30,32-36H2,1-2H3,(H,55,60)/b12-11-,15-14-,18-17-,31-29+. The molecule has 3 heterocycles. The highest BCUT2D eigenvalue weighted by molar-refractivity contribution is 5.76. The molecule has 0 aromatic heterocycles. The number of hydrogen-bond donors (Lipinski definition) is 12. The minimum atomic E-state index is -1.98. The zero-order chi connectivity index (χ0) is 53.4. The van der Waals surface area contributed by atoms with Gasteiger partial charge in [0.25, 0.3) is 0 Å². The van der Waals surface area contributed by atoms with Gasteiger partial charge in [-0.15, -0.1) is 0 Å². The predicted molar refractivity (Wildman–Crippen MR) is 272 cm³/mol. The molecule has 424 valence electrons. The van der Waals surface area contributed by atoms with Crippen molar-refractivity contribution >= 4 is 5.91 Å². The Morgan fingerprint density at radius 2 is 0.932 bits per heavy atom. The number of aliphatic hydroxyl groups is 11. The Hall–Kier alpha value is -2.25. The molecule has 3 rings (SSSR count). The third-order valence-electron chi connectivity index (χ3n) is 13.6. The average molecular weight is 1050 g/mol. The molecule has 19 nitrogen and oxygen atoms in total. The molecule has 3 aliphatic rings. The number of rotatable bonds is 38. The number of unbranched alkanes of at least 4 members (excludes halogenated alkanes) is 16. The number of carbonyl (C=O) groups is 1. The summed E-state index contributed by atoms with van der Waals surface area (Å²) in [6, 6.07) is -0.971. The second kappa shape index (κ2) is 38.3. The van der Waals surface area contributed by atoms with Gasteiger partial charge in [0.15, 0.2) is 18.9 Å². The van der Waals surface area contributed by atoms with Crippen molar-refractivity contribution in [3.63, 3.8) is 0 Å². The van der Waals surface area contributed by atoms with E-state index in [1.807, 2.05) is 6.92 Å². The molecule has 12 N–H and O–H groups in total. The number of amides is 1. The molecule has 0 aromatic carbocycles. The van der Waals surface area contributed by atoms with Crippen LogP contribution in [0.5, 0.6) is 0 Å². The maximum atomic E-state index is 13.1. The highest BCUT2D eigenvalue weighted by Gasteiger charge is 2.53. The van der Waals surface area contributed by atoms with Crippen molar-refractivity contribution < 1.29 is 89.4 Å². The van der Waals surface area contributed by atoms with Gasteiger partial charge in [-0.2, -0.15) is 0 Å². The molecule has 19 heteroatoms. The molecule has 0 radical (unpaired) electrons. The summed E-state index contributed by atoms with van der Waals surface area (Å²) in [5.41, 5.74) is 0. The fourth-order valence-electron chi connectivity index (χ4n) is 9.03. The second-order valence-electron chi connectivity index (χ2n) is 19.7. The third-order valence-corrected chi connectivity index (χ3v) is 13.6. The monoisotopic (exact) mass is 1050 g/mol. The summed E-state index contributed by atoms with van der Waals surface area (Å²) in [6.45, 7) is 1.44. The number of hydrogen-bond acceptors (Lipinski definition) is 18. The van der Waals surface area contributed by atoms with E-state index >= 15 is 0 Å². The number of carbonyl (C=O) groups excluding carboxylic acids is 1. The quantitative estimate of drug-likeness (QED) is 0.0312. The lowest BCUT2D eigenvalue weighted by atomic mass is 9.96. The maximum Gasteiger partial charge on any atom is 0.220 e. The van der Waals surface area contributed by atoms with Crippen LogP contribution in [0, 0.1) is 0 Å². The van der Waals surface area contributed by atoms with Crippen LogP contribution < -0.4 is 5.32 Å². The van der Waals surface area contributed by atoms with E-state index in [1.165, 1.54) is 70.6 Å². The van der Waals surface area contributed by atoms with Gasteiger partial charge in [-0.05, 0) is 51.4 Å². The molecule has 17 atom stereocenters. The summed E-state index contributed by atoms with van der Waals surface area (Å²) < 4.78 is 33.9. The fourth-order valence-corrected chi connectivity index (χ4v) is 9.03. The molecule has 3 aliphatic heterocycles. The average Bonchev–Trinajstić information content (AvgIpc) is 3.38. The van der Waals surface area contributed by atoms with Gasteiger partial charge in [0, 0.05) is 6.42 Å². The molecular formula is C54H95NO18. The first-order valence-electron chi connectivity index (χ1n) is 27.4. The van der Waals surface area contributed by atoms with Crippen molar-refractivity contribution in [2.45, 2.75) is 259 Å². The lowest BCUT2D eigenvalue weighted by Gasteiger charge is -2.48. The van der Waals surface area contributed by atoms with Gasteiger partial charge in [0.05, 0.1) is 38.6 Å². The Morgan fingerprint density at radius 1 is 0.493 bits per heavy atom. The van der Waals surface area contributed by atoms with Gasteiger partial charge < -0.3 is 89.9 Å². The SMILES string of the molecule is CCC/C=C/C(O)C(COC1OC(CO)C(OC2OC(CO)C(OC3OC(CO)C(O)C(O)C3O)C(O)C2O)C(O)C1O)NC(=O)CCCCCCCCCCCC/C=C\C/C=C\C/C=C\CCCCCCC. The Bertz CT molecular complexity index is 1530. The van der Waals surface area contributed by atoms with Gasteiger partial charge in [0.1, 0.15) is 73.2 Å². The lowest BCUT2D eigenvalue weighted by molar-refractivity contribution is -0.379. The normalized spacial score (nSPS) is 32.1. The Kier molecular flexibility index (Phi) is 34.1. The van der Waals surface area contributed by atoms with Gasteiger partial charge in [-0.25, -0.2) is 0 Å². The van der Waals surface area contributed by atoms with E-state index < -0.39 is 124 Å². The van der Waals surface area contributed by atoms with Crippen LogP contribution in [0.2, 0.25) is 0 Å². The van der Waals surface area contributed by atoms with Gasteiger partial charge in [0.2, 0.25) is 5.91 Å². The molecule has 0 aliphatic carbocycles. The molecule has 3 fully saturated rings. The zero-order valence-corrected chi connectivity index (χ0v) is 43.6. The summed E-state index contributed by atoms with van der Waals surface area (Å²) in [6.07, 6.45) is 13.8. The zero-order valence-electron chi connectivity index (χ0n) is 43.6. The predicted octanol–water partition coefficient (Wildman–Crippen LogP) is 3.14. The van der Waals surface area contributed by atoms with Crippen LogP contribution in [0.4, 0.5) is 0 Å². The van der Waals surface area contributed by atoms with Crippen LogP contribution in [-0.4, -0.2) is 193 Å². The smallest absolute Gasteiger partial charge is 0.220 e. The van der Waals surface area contributed by atoms with Gasteiger partial charge in [-0.3, -0.25) is 4.79 Å². The third kappa shape index (κ3) is 23.5. The molecule has 0 bridgehead atoms. The van der Waals surface area contributed by atoms with Crippen molar-refractivity contribution in [3.8, 4) is 0 Å². The molecule has 73 heavy (non-hydrogen) atoms. The number of ether oxygens (including phenoxy) is 6. The van der Waals surface area contributed by atoms with E-state index in [1.54, 1.807) is 12.2 Å². The molecule has 3 saturated heterocycles. The first kappa shape index (κ1) is 65.0. The van der Waals surface area contributed by atoms with Crippen molar-refractivity contribution in [3.05, 3.63) is 48.6 Å². The van der Waals surface area contributed by atoms with E-state index in [0.29, 0.717) is 12.8 Å². The second-order valence-corrected chi connectivity index (χ2v) is 19.7. The van der Waals surface area contributed by atoms with Gasteiger partial charge in [-0.1, -0.05) is 146 Å². The molecule has 1 amide bonds. The van der Waals surface area contributed by atoms with Crippen molar-refractivity contribution in [2.75, 3.05) is 26.4 Å². The topological polar surface area (TPSA) is 307 Å². The first-order chi connectivity index (χ1) is 35.3. The van der Waals surface area contributed by atoms with Crippen molar-refractivity contribution in [1.82, 2.24) is 5.32 Å². The highest BCUT2D eigenvalue weighted by atomic mass is 16.8. The van der Waals surface area contributed by atoms with E-state index in [0.717, 1.165) is 51.4 Å². The fraction of sp³-hybridized carbons (Fsp3) is 0.833. The molecular weight excluding hydrogens is 951 g/mol. The van der Waals surface area contributed by atoms with Crippen LogP contribution in [-0.2, 0) is 33.2 Å². The lowest BCUT2D eigenvalue weighted by Crippen LogP contribution is -2.66. The molecule has 0 saturated carbocycles. The molecule has 0 spiro atoms. The Labute approximate surface area is 433 Å². The number of aliphatic hydroxyl groups excluding tert-OH is 11. The summed E-state index contributed by atoms with van der Waals surface area (Å²) in [7, 11) is 0. The van der Waals surface area contributed by atoms with Crippen LogP contribution in [0.1, 0.15) is 155 Å². The van der Waals surface area contributed by atoms with Crippen LogP contribution in [0.15, 0.2) is 48.6 Å². The first-order valence-corrected chi connectivity index (χ1v) is 27.4. The number of allylic oxidation sites excluding steroid dienone is 7. The minimum Gasteiger partial charge on any atom is -0.394 e. The summed E-state index contributed by atoms with van der Waals surface area (Å²) in [5, 5.41) is 119. The molecule has 17 unspecified atom stereocenters. The summed E-state index contributed by atoms with van der Waals surface area (Å²) in [4.78, 5) is 13.1. The van der Waals surface area contributed by atoms with Crippen molar-refractivity contribution in [2.24, 2.45) is 0 Å². The minimum absolute atomic E-state index is 0.234. The van der Waals surface area contributed by atoms with Crippen LogP contribution >= 0.6 is 0 Å². The summed E-state index contributed by atoms with van der Waals surface area (Å²) in [5.74, 6) is -0.295. The maximum absolute atomic E-state index is 13.1. The van der Waals surface area contributed by atoms with E-state index in [2.05, 4.69) is 48.7 Å².